The van der Waals surface area contributed by atoms with Crippen LogP contribution in [0.15, 0.2) is 36.4 Å². The van der Waals surface area contributed by atoms with Crippen LogP contribution in [0.2, 0.25) is 0 Å². The smallest absolute Gasteiger partial charge is 0.339 e. The largest absolute Gasteiger partial charge is 0.462 e. The second kappa shape index (κ2) is 27.9. The summed E-state index contributed by atoms with van der Waals surface area (Å²) >= 11 is 0. The summed E-state index contributed by atoms with van der Waals surface area (Å²) in [5.74, 6) is -2.36. The van der Waals surface area contributed by atoms with Gasteiger partial charge in [-0.05, 0) is 61.1 Å². The van der Waals surface area contributed by atoms with Crippen LogP contribution < -0.4 is 0 Å². The lowest BCUT2D eigenvalue weighted by molar-refractivity contribution is 0.0450. The van der Waals surface area contributed by atoms with E-state index in [1.165, 1.54) is 0 Å². The molecule has 0 spiro atoms. The van der Waals surface area contributed by atoms with E-state index >= 15 is 0 Å². The van der Waals surface area contributed by atoms with Gasteiger partial charge in [0.1, 0.15) is 0 Å². The quantitative estimate of drug-likeness (QED) is 0.0464. The molecule has 0 unspecified atom stereocenters. The maximum Gasteiger partial charge on any atom is 0.339 e. The summed E-state index contributed by atoms with van der Waals surface area (Å²) in [4.78, 5) is 53.3. The van der Waals surface area contributed by atoms with Crippen molar-refractivity contribution in [2.24, 2.45) is 0 Å². The Labute approximate surface area is 313 Å². The zero-order valence-electron chi connectivity index (χ0n) is 32.7. The normalized spacial score (nSPS) is 10.9. The molecule has 0 aliphatic carbocycles. The summed E-state index contributed by atoms with van der Waals surface area (Å²) in [6, 6.07) is 9.77. The topological polar surface area (TPSA) is 105 Å². The van der Waals surface area contributed by atoms with Crippen LogP contribution in [-0.2, 0) is 18.9 Å². The molecule has 0 heterocycles. The van der Waals surface area contributed by atoms with Crippen molar-refractivity contribution in [2.45, 2.75) is 156 Å². The number of hydrogen-bond acceptors (Lipinski definition) is 8. The number of benzene rings is 2. The first kappa shape index (κ1) is 44.5. The molecule has 0 amide bonds. The van der Waals surface area contributed by atoms with E-state index in [0.717, 1.165) is 128 Å². The summed E-state index contributed by atoms with van der Waals surface area (Å²) in [5, 5.41) is 0. The van der Waals surface area contributed by atoms with Crippen molar-refractivity contribution in [1.29, 1.82) is 0 Å². The maximum atomic E-state index is 13.4. The Morgan fingerprint density at radius 3 is 0.865 bits per heavy atom. The minimum Gasteiger partial charge on any atom is -0.462 e. The molecule has 0 fully saturated rings. The van der Waals surface area contributed by atoms with E-state index < -0.39 is 23.9 Å². The van der Waals surface area contributed by atoms with E-state index in [-0.39, 0.29) is 48.7 Å². The minimum atomic E-state index is -0.603. The molecular weight excluding hydrogens is 656 g/mol. The molecule has 0 radical (unpaired) electrons. The van der Waals surface area contributed by atoms with Crippen molar-refractivity contribution >= 4 is 23.9 Å². The van der Waals surface area contributed by atoms with Crippen LogP contribution in [0.5, 0.6) is 0 Å². The molecule has 0 aromatic heterocycles. The lowest BCUT2D eigenvalue weighted by atomic mass is 9.95. The summed E-state index contributed by atoms with van der Waals surface area (Å²) in [6.07, 6.45) is 20.2. The van der Waals surface area contributed by atoms with Gasteiger partial charge in [0.2, 0.25) is 0 Å². The Balaban J connectivity index is 2.36. The van der Waals surface area contributed by atoms with Crippen LogP contribution in [0, 0.1) is 0 Å². The van der Waals surface area contributed by atoms with Gasteiger partial charge in [-0.15, -0.1) is 0 Å². The second-order valence-electron chi connectivity index (χ2n) is 13.7. The van der Waals surface area contributed by atoms with E-state index in [1.54, 1.807) is 36.4 Å². The van der Waals surface area contributed by atoms with Crippen LogP contribution in [0.4, 0.5) is 0 Å². The molecule has 8 nitrogen and oxygen atoms in total. The Bertz CT molecular complexity index is 1230. The number of carbonyl (C=O) groups excluding carboxylic acids is 4. The summed E-state index contributed by atoms with van der Waals surface area (Å²) in [7, 11) is 0. The Kier molecular flexibility index (Phi) is 23.9. The van der Waals surface area contributed by atoms with Crippen molar-refractivity contribution in [3.8, 4) is 11.1 Å². The van der Waals surface area contributed by atoms with Gasteiger partial charge in [-0.3, -0.25) is 0 Å². The summed E-state index contributed by atoms with van der Waals surface area (Å²) in [6.45, 7) is 9.65. The summed E-state index contributed by atoms with van der Waals surface area (Å²) in [5.41, 5.74) is 1.63. The predicted molar refractivity (Wildman–Crippen MR) is 208 cm³/mol. The van der Waals surface area contributed by atoms with E-state index in [0.29, 0.717) is 11.1 Å². The molecule has 8 heteroatoms. The molecule has 2 rings (SSSR count). The second-order valence-corrected chi connectivity index (χ2v) is 13.7. The lowest BCUT2D eigenvalue weighted by Crippen LogP contribution is -2.16. The summed E-state index contributed by atoms with van der Waals surface area (Å²) < 4.78 is 22.4. The van der Waals surface area contributed by atoms with Crippen LogP contribution in [0.3, 0.4) is 0 Å². The third-order valence-corrected chi connectivity index (χ3v) is 9.18. The average molecular weight is 723 g/mol. The fraction of sp³-hybridized carbons (Fsp3) is 0.636. The Hall–Kier alpha value is -3.68. The van der Waals surface area contributed by atoms with Crippen LogP contribution in [0.25, 0.3) is 11.1 Å². The van der Waals surface area contributed by atoms with E-state index in [2.05, 4.69) is 27.7 Å². The zero-order chi connectivity index (χ0) is 37.8. The van der Waals surface area contributed by atoms with Crippen LogP contribution in [0.1, 0.15) is 198 Å². The number of rotatable bonds is 29. The monoisotopic (exact) mass is 722 g/mol. The van der Waals surface area contributed by atoms with Crippen LogP contribution >= 0.6 is 0 Å². The maximum absolute atomic E-state index is 13.4. The first-order valence-electron chi connectivity index (χ1n) is 20.3. The molecule has 0 saturated heterocycles. The first-order chi connectivity index (χ1) is 25.4. The highest BCUT2D eigenvalue weighted by Gasteiger charge is 2.24. The van der Waals surface area contributed by atoms with Gasteiger partial charge in [0, 0.05) is 0 Å². The minimum absolute atomic E-state index is 0.102. The highest BCUT2D eigenvalue weighted by atomic mass is 16.5. The molecular formula is C44H66O8. The SMILES string of the molecule is CCCCCCCOC(=O)c1ccc(-c2ccc(C(=O)OCCCCCCC)c(C(=O)OCCCCCCC)c2)cc1C(=O)OCCCCCCC. The van der Waals surface area contributed by atoms with Gasteiger partial charge in [0.25, 0.3) is 0 Å². The van der Waals surface area contributed by atoms with Crippen molar-refractivity contribution < 1.29 is 38.1 Å². The number of hydrogen-bond donors (Lipinski definition) is 0. The molecule has 2 aromatic carbocycles. The van der Waals surface area contributed by atoms with Crippen molar-refractivity contribution in [1.82, 2.24) is 0 Å². The average Bonchev–Trinajstić information content (AvgIpc) is 3.16. The highest BCUT2D eigenvalue weighted by molar-refractivity contribution is 6.06. The number of carbonyl (C=O) groups is 4. The van der Waals surface area contributed by atoms with Crippen LogP contribution in [-0.4, -0.2) is 50.3 Å². The fourth-order valence-electron chi connectivity index (χ4n) is 5.93. The molecule has 290 valence electrons. The Morgan fingerprint density at radius 2 is 0.596 bits per heavy atom. The zero-order valence-corrected chi connectivity index (χ0v) is 32.7. The van der Waals surface area contributed by atoms with Gasteiger partial charge in [-0.2, -0.15) is 0 Å². The highest BCUT2D eigenvalue weighted by Crippen LogP contribution is 2.28. The molecule has 0 saturated carbocycles. The lowest BCUT2D eigenvalue weighted by Gasteiger charge is -2.14. The number of ether oxygens (including phenoxy) is 4. The van der Waals surface area contributed by atoms with E-state index in [4.69, 9.17) is 18.9 Å². The molecule has 0 N–H and O–H groups in total. The third-order valence-electron chi connectivity index (χ3n) is 9.18. The first-order valence-corrected chi connectivity index (χ1v) is 20.3. The molecule has 2 aromatic rings. The molecule has 0 aliphatic heterocycles. The fourth-order valence-corrected chi connectivity index (χ4v) is 5.93. The van der Waals surface area contributed by atoms with Gasteiger partial charge < -0.3 is 18.9 Å². The van der Waals surface area contributed by atoms with Crippen molar-refractivity contribution in [2.75, 3.05) is 26.4 Å². The molecule has 52 heavy (non-hydrogen) atoms. The molecule has 0 atom stereocenters. The van der Waals surface area contributed by atoms with E-state index in [1.807, 2.05) is 0 Å². The molecule has 0 bridgehead atoms. The number of esters is 4. The van der Waals surface area contributed by atoms with Crippen molar-refractivity contribution in [3.05, 3.63) is 58.7 Å². The third kappa shape index (κ3) is 17.2. The number of unbranched alkanes of at least 4 members (excludes halogenated alkanes) is 16. The van der Waals surface area contributed by atoms with Gasteiger partial charge in [0.05, 0.1) is 48.7 Å². The van der Waals surface area contributed by atoms with Gasteiger partial charge in [-0.25, -0.2) is 19.2 Å². The van der Waals surface area contributed by atoms with Gasteiger partial charge >= 0.3 is 23.9 Å². The Morgan fingerprint density at radius 1 is 0.346 bits per heavy atom. The van der Waals surface area contributed by atoms with E-state index in [9.17, 15) is 19.2 Å². The standard InChI is InChI=1S/C44H66O8/c1-5-9-13-17-21-29-49-41(45)37-27-25-35(33-39(37)43(47)51-31-23-19-15-11-7-3)36-26-28-38(42(46)50-30-22-18-14-10-6-2)40(34-36)44(48)52-32-24-20-16-12-8-4/h25-28,33-34H,5-24,29-32H2,1-4H3. The van der Waals surface area contributed by atoms with Gasteiger partial charge in [-0.1, -0.05) is 143 Å². The van der Waals surface area contributed by atoms with Gasteiger partial charge in [0.15, 0.2) is 0 Å². The van der Waals surface area contributed by atoms with Crippen molar-refractivity contribution in [3.63, 3.8) is 0 Å². The predicted octanol–water partition coefficient (Wildman–Crippen LogP) is 11.9. The molecule has 0 aliphatic rings.